The molecule has 0 amide bonds. The Morgan fingerprint density at radius 3 is 2.20 bits per heavy atom. The Labute approximate surface area is 152 Å². The van der Waals surface area contributed by atoms with E-state index in [0.29, 0.717) is 19.4 Å². The highest BCUT2D eigenvalue weighted by atomic mass is 16.4. The molecule has 1 unspecified atom stereocenters. The summed E-state index contributed by atoms with van der Waals surface area (Å²) >= 11 is 0. The summed E-state index contributed by atoms with van der Waals surface area (Å²) in [4.78, 5) is 22.6. The SMILES string of the molecule is CCCCCCCC(CCCC)NN[C@H](C(=O)O)C(=C=O)CCCN. The average molecular weight is 356 g/mol. The summed E-state index contributed by atoms with van der Waals surface area (Å²) in [6.07, 6.45) is 11.2. The van der Waals surface area contributed by atoms with E-state index < -0.39 is 12.0 Å². The molecule has 0 fully saturated rings. The molecule has 0 aliphatic carbocycles. The second-order valence-electron chi connectivity index (χ2n) is 6.62. The van der Waals surface area contributed by atoms with Crippen LogP contribution in [0, 0.1) is 0 Å². The van der Waals surface area contributed by atoms with Crippen molar-refractivity contribution in [2.24, 2.45) is 5.73 Å². The van der Waals surface area contributed by atoms with Crippen LogP contribution in [0.3, 0.4) is 0 Å². The van der Waals surface area contributed by atoms with Crippen molar-refractivity contribution in [1.82, 2.24) is 10.9 Å². The first-order valence-corrected chi connectivity index (χ1v) is 9.78. The molecule has 6 nitrogen and oxygen atoms in total. The van der Waals surface area contributed by atoms with Crippen LogP contribution in [0.5, 0.6) is 0 Å². The second-order valence-corrected chi connectivity index (χ2v) is 6.62. The zero-order chi connectivity index (χ0) is 18.9. The maximum Gasteiger partial charge on any atom is 0.327 e. The van der Waals surface area contributed by atoms with Crippen LogP contribution >= 0.6 is 0 Å². The van der Waals surface area contributed by atoms with Gasteiger partial charge in [0.2, 0.25) is 0 Å². The lowest BCUT2D eigenvalue weighted by atomic mass is 10.0. The summed E-state index contributed by atoms with van der Waals surface area (Å²) in [5.74, 6) is 0.710. The van der Waals surface area contributed by atoms with Crippen LogP contribution in [-0.2, 0) is 9.59 Å². The first-order chi connectivity index (χ1) is 12.1. The van der Waals surface area contributed by atoms with E-state index in [0.717, 1.165) is 32.1 Å². The van der Waals surface area contributed by atoms with E-state index in [1.165, 1.54) is 25.7 Å². The zero-order valence-corrected chi connectivity index (χ0v) is 16.0. The first kappa shape index (κ1) is 23.8. The lowest BCUT2D eigenvalue weighted by Gasteiger charge is -2.23. The van der Waals surface area contributed by atoms with Crippen molar-refractivity contribution >= 4 is 11.9 Å². The van der Waals surface area contributed by atoms with Gasteiger partial charge in [-0.2, -0.15) is 0 Å². The average Bonchev–Trinajstić information content (AvgIpc) is 2.60. The fourth-order valence-electron chi connectivity index (χ4n) is 2.78. The summed E-state index contributed by atoms with van der Waals surface area (Å²) < 4.78 is 0. The Morgan fingerprint density at radius 2 is 1.64 bits per heavy atom. The number of unbranched alkanes of at least 4 members (excludes halogenated alkanes) is 5. The van der Waals surface area contributed by atoms with Gasteiger partial charge in [-0.3, -0.25) is 10.2 Å². The Morgan fingerprint density at radius 1 is 1.00 bits per heavy atom. The molecule has 2 atom stereocenters. The van der Waals surface area contributed by atoms with Crippen molar-refractivity contribution in [2.45, 2.75) is 96.6 Å². The van der Waals surface area contributed by atoms with E-state index in [1.54, 1.807) is 5.94 Å². The van der Waals surface area contributed by atoms with Gasteiger partial charge in [0.15, 0.2) is 6.04 Å². The normalized spacial score (nSPS) is 13.2. The number of hydrogen-bond donors (Lipinski definition) is 4. The molecule has 0 radical (unpaired) electrons. The molecule has 0 saturated carbocycles. The molecule has 0 heterocycles. The molecule has 0 rings (SSSR count). The Balaban J connectivity index is 4.56. The molecule has 0 aromatic rings. The van der Waals surface area contributed by atoms with E-state index in [-0.39, 0.29) is 11.6 Å². The lowest BCUT2D eigenvalue weighted by Crippen LogP contribution is -2.51. The summed E-state index contributed by atoms with van der Waals surface area (Å²) in [5.41, 5.74) is 11.7. The Hall–Kier alpha value is -1.20. The predicted octanol–water partition coefficient (Wildman–Crippen LogP) is 2.95. The van der Waals surface area contributed by atoms with Gasteiger partial charge in [0.05, 0.1) is 0 Å². The molecule has 0 bridgehead atoms. The van der Waals surface area contributed by atoms with Crippen LogP contribution in [0.15, 0.2) is 5.57 Å². The van der Waals surface area contributed by atoms with Gasteiger partial charge in [0.1, 0.15) is 5.94 Å². The number of nitrogens with one attached hydrogen (secondary N) is 2. The number of carbonyl (C=O) groups is 1. The molecule has 25 heavy (non-hydrogen) atoms. The number of aliphatic carboxylic acids is 1. The van der Waals surface area contributed by atoms with Gasteiger partial charge in [-0.25, -0.2) is 10.2 Å². The molecule has 6 heteroatoms. The highest BCUT2D eigenvalue weighted by molar-refractivity contribution is 5.81. The maximum absolute atomic E-state index is 11.5. The molecular weight excluding hydrogens is 318 g/mol. The minimum absolute atomic E-state index is 0.211. The van der Waals surface area contributed by atoms with Crippen LogP contribution in [0.4, 0.5) is 0 Å². The van der Waals surface area contributed by atoms with Crippen molar-refractivity contribution in [3.05, 3.63) is 5.57 Å². The minimum Gasteiger partial charge on any atom is -0.480 e. The van der Waals surface area contributed by atoms with E-state index in [1.807, 2.05) is 0 Å². The third-order valence-electron chi connectivity index (χ3n) is 4.37. The highest BCUT2D eigenvalue weighted by Gasteiger charge is 2.23. The van der Waals surface area contributed by atoms with Crippen molar-refractivity contribution in [1.29, 1.82) is 0 Å². The largest absolute Gasteiger partial charge is 0.480 e. The van der Waals surface area contributed by atoms with E-state index >= 15 is 0 Å². The topological polar surface area (TPSA) is 104 Å². The van der Waals surface area contributed by atoms with Gasteiger partial charge in [-0.15, -0.1) is 0 Å². The van der Waals surface area contributed by atoms with Gasteiger partial charge in [-0.05, 0) is 32.2 Å². The monoisotopic (exact) mass is 355 g/mol. The molecule has 0 aromatic heterocycles. The molecular formula is C19H37N3O3. The summed E-state index contributed by atoms with van der Waals surface area (Å²) in [7, 11) is 0. The second kappa shape index (κ2) is 16.3. The summed E-state index contributed by atoms with van der Waals surface area (Å²) in [6.45, 7) is 4.76. The van der Waals surface area contributed by atoms with Gasteiger partial charge >= 0.3 is 5.97 Å². The van der Waals surface area contributed by atoms with Gasteiger partial charge in [0.25, 0.3) is 0 Å². The third-order valence-corrected chi connectivity index (χ3v) is 4.37. The number of carbonyl (C=O) groups excluding carboxylic acids is 1. The van der Waals surface area contributed by atoms with Crippen molar-refractivity contribution in [3.63, 3.8) is 0 Å². The number of carboxylic acid groups (broad SMARTS) is 1. The van der Waals surface area contributed by atoms with Crippen molar-refractivity contribution in [3.8, 4) is 0 Å². The fraction of sp³-hybridized carbons (Fsp3) is 0.842. The smallest absolute Gasteiger partial charge is 0.327 e. The molecule has 5 N–H and O–H groups in total. The number of hydrazine groups is 1. The lowest BCUT2D eigenvalue weighted by molar-refractivity contribution is -0.138. The van der Waals surface area contributed by atoms with Crippen LogP contribution < -0.4 is 16.6 Å². The standard InChI is InChI=1S/C19H37N3O3/c1-3-5-7-8-9-13-17(12-6-4-2)21-22-18(19(24)25)16(15-23)11-10-14-20/h17-18,21-22H,3-14,20H2,1-2H3,(H,24,25)/t17?,18-/m0/s1. The minimum atomic E-state index is -1.07. The van der Waals surface area contributed by atoms with E-state index in [9.17, 15) is 14.7 Å². The summed E-state index contributed by atoms with van der Waals surface area (Å²) in [5, 5.41) is 9.40. The predicted molar refractivity (Wildman–Crippen MR) is 102 cm³/mol. The van der Waals surface area contributed by atoms with Gasteiger partial charge in [0, 0.05) is 11.6 Å². The quantitative estimate of drug-likeness (QED) is 0.182. The van der Waals surface area contributed by atoms with Crippen LogP contribution in [-0.4, -0.2) is 35.6 Å². The van der Waals surface area contributed by atoms with E-state index in [4.69, 9.17) is 5.73 Å². The molecule has 0 spiro atoms. The fourth-order valence-corrected chi connectivity index (χ4v) is 2.78. The molecule has 0 aromatic carbocycles. The Bertz CT molecular complexity index is 395. The third kappa shape index (κ3) is 11.9. The van der Waals surface area contributed by atoms with Crippen LogP contribution in [0.2, 0.25) is 0 Å². The van der Waals surface area contributed by atoms with Crippen LogP contribution in [0.1, 0.15) is 84.5 Å². The van der Waals surface area contributed by atoms with Crippen LogP contribution in [0.25, 0.3) is 0 Å². The zero-order valence-electron chi connectivity index (χ0n) is 16.0. The number of nitrogens with two attached hydrogens (primary N) is 1. The molecule has 146 valence electrons. The molecule has 0 aliphatic heterocycles. The van der Waals surface area contributed by atoms with Crippen molar-refractivity contribution < 1.29 is 14.7 Å². The number of carboxylic acids is 1. The van der Waals surface area contributed by atoms with Gasteiger partial charge < -0.3 is 10.8 Å². The molecule has 0 saturated heterocycles. The first-order valence-electron chi connectivity index (χ1n) is 9.78. The van der Waals surface area contributed by atoms with Gasteiger partial charge in [-0.1, -0.05) is 58.8 Å². The molecule has 0 aliphatic rings. The Kier molecular flexibility index (Phi) is 15.5. The number of rotatable bonds is 17. The maximum atomic E-state index is 11.5. The summed E-state index contributed by atoms with van der Waals surface area (Å²) in [6, 6.07) is -0.834. The highest BCUT2D eigenvalue weighted by Crippen LogP contribution is 2.12. The number of hydrogen-bond acceptors (Lipinski definition) is 5. The van der Waals surface area contributed by atoms with E-state index in [2.05, 4.69) is 24.7 Å². The van der Waals surface area contributed by atoms with Crippen molar-refractivity contribution in [2.75, 3.05) is 6.54 Å².